The van der Waals surface area contributed by atoms with Crippen LogP contribution in [0.4, 0.5) is 21.6 Å². The smallest absolute Gasteiger partial charge is 0.307 e. The van der Waals surface area contributed by atoms with Gasteiger partial charge in [0.2, 0.25) is 5.91 Å². The number of halogens is 2. The molecule has 1 unspecified atom stereocenters. The first-order chi connectivity index (χ1) is 18.7. The lowest BCUT2D eigenvalue weighted by Gasteiger charge is -2.38. The van der Waals surface area contributed by atoms with Gasteiger partial charge in [-0.15, -0.1) is 0 Å². The van der Waals surface area contributed by atoms with E-state index >= 15 is 0 Å². The fourth-order valence-electron chi connectivity index (χ4n) is 4.31. The number of aryl methyl sites for hydroxylation is 1. The summed E-state index contributed by atoms with van der Waals surface area (Å²) in [5.74, 6) is -0.458. The first-order valence-electron chi connectivity index (χ1n) is 12.5. The Balaban J connectivity index is 1.36. The molecule has 1 saturated heterocycles. The van der Waals surface area contributed by atoms with E-state index in [-0.39, 0.29) is 29.9 Å². The minimum atomic E-state index is -0.451. The van der Waals surface area contributed by atoms with Crippen LogP contribution in [0.2, 0.25) is 5.02 Å². The molecule has 39 heavy (non-hydrogen) atoms. The van der Waals surface area contributed by atoms with Crippen LogP contribution >= 0.6 is 11.6 Å². The van der Waals surface area contributed by atoms with Crippen molar-refractivity contribution >= 4 is 40.7 Å². The Morgan fingerprint density at radius 1 is 1.18 bits per heavy atom. The van der Waals surface area contributed by atoms with E-state index in [4.69, 9.17) is 16.3 Å². The molecule has 2 N–H and O–H groups in total. The van der Waals surface area contributed by atoms with Gasteiger partial charge in [0.1, 0.15) is 11.6 Å². The Labute approximate surface area is 231 Å². The highest BCUT2D eigenvalue weighted by Gasteiger charge is 2.26. The third-order valence-electron chi connectivity index (χ3n) is 6.64. The number of pyridine rings is 1. The van der Waals surface area contributed by atoms with E-state index in [9.17, 15) is 14.0 Å². The quantitative estimate of drug-likeness (QED) is 0.380. The van der Waals surface area contributed by atoms with E-state index in [2.05, 4.69) is 35.6 Å². The minimum absolute atomic E-state index is 0.0562. The molecule has 0 bridgehead atoms. The number of aromatic nitrogens is 3. The lowest BCUT2D eigenvalue weighted by molar-refractivity contribution is -0.142. The summed E-state index contributed by atoms with van der Waals surface area (Å²) in [5, 5.41) is 14.7. The Bertz CT molecular complexity index is 1340. The molecule has 1 aliphatic heterocycles. The van der Waals surface area contributed by atoms with Crippen LogP contribution in [0.1, 0.15) is 18.5 Å². The average molecular weight is 556 g/mol. The van der Waals surface area contributed by atoms with Gasteiger partial charge in [0.05, 0.1) is 30.6 Å². The van der Waals surface area contributed by atoms with E-state index in [1.54, 1.807) is 31.3 Å². The first-order valence-corrected chi connectivity index (χ1v) is 12.9. The summed E-state index contributed by atoms with van der Waals surface area (Å²) in [6, 6.07) is 9.47. The Kier molecular flexibility index (Phi) is 9.39. The van der Waals surface area contributed by atoms with Crippen molar-refractivity contribution in [2.24, 2.45) is 0 Å². The van der Waals surface area contributed by atoms with Crippen molar-refractivity contribution in [1.82, 2.24) is 25.0 Å². The maximum Gasteiger partial charge on any atom is 0.307 e. The molecule has 0 saturated carbocycles. The predicted octanol–water partition coefficient (Wildman–Crippen LogP) is 3.89. The van der Waals surface area contributed by atoms with Crippen LogP contribution in [0.15, 0.2) is 42.6 Å². The zero-order chi connectivity index (χ0) is 27.9. The van der Waals surface area contributed by atoms with Crippen molar-refractivity contribution in [3.05, 3.63) is 59.1 Å². The molecule has 206 valence electrons. The zero-order valence-corrected chi connectivity index (χ0v) is 22.8. The average Bonchev–Trinajstić information content (AvgIpc) is 2.92. The lowest BCUT2D eigenvalue weighted by atomic mass is 10.1. The van der Waals surface area contributed by atoms with Crippen molar-refractivity contribution in [3.63, 3.8) is 0 Å². The molecular formula is C27H31ClFN7O3. The van der Waals surface area contributed by atoms with Crippen LogP contribution < -0.4 is 10.6 Å². The fraction of sp³-hybridized carbons (Fsp3) is 0.370. The number of methoxy groups -OCH3 is 1. The number of likely N-dealkylation sites (N-methyl/N-ethyl adjacent to an activating group) is 1. The van der Waals surface area contributed by atoms with Gasteiger partial charge in [-0.05, 0) is 44.3 Å². The maximum atomic E-state index is 14.4. The molecular weight excluding hydrogens is 525 g/mol. The van der Waals surface area contributed by atoms with Gasteiger partial charge in [0, 0.05) is 67.2 Å². The number of anilines is 3. The number of nitrogens with zero attached hydrogens (tertiary/aromatic N) is 5. The summed E-state index contributed by atoms with van der Waals surface area (Å²) in [6.07, 6.45) is 2.19. The lowest BCUT2D eigenvalue weighted by Crippen LogP contribution is -2.52. The molecule has 12 heteroatoms. The van der Waals surface area contributed by atoms with Gasteiger partial charge in [0.25, 0.3) is 0 Å². The molecule has 1 atom stereocenters. The van der Waals surface area contributed by atoms with Crippen molar-refractivity contribution in [3.8, 4) is 11.3 Å². The van der Waals surface area contributed by atoms with Crippen LogP contribution in [0, 0.1) is 12.7 Å². The fourth-order valence-corrected chi connectivity index (χ4v) is 4.48. The number of hydrogen-bond acceptors (Lipinski definition) is 9. The molecule has 10 nitrogen and oxygen atoms in total. The van der Waals surface area contributed by atoms with Crippen molar-refractivity contribution in [2.75, 3.05) is 51.0 Å². The summed E-state index contributed by atoms with van der Waals surface area (Å²) >= 11 is 6.04. The molecule has 0 radical (unpaired) electrons. The topological polar surface area (TPSA) is 113 Å². The second-order valence-corrected chi connectivity index (χ2v) is 9.86. The predicted molar refractivity (Wildman–Crippen MR) is 147 cm³/mol. The van der Waals surface area contributed by atoms with Gasteiger partial charge in [0.15, 0.2) is 0 Å². The highest BCUT2D eigenvalue weighted by Crippen LogP contribution is 2.28. The monoisotopic (exact) mass is 555 g/mol. The Morgan fingerprint density at radius 2 is 2.00 bits per heavy atom. The molecule has 4 rings (SSSR count). The molecule has 3 heterocycles. The number of esters is 1. The van der Waals surface area contributed by atoms with E-state index in [1.807, 2.05) is 7.05 Å². The number of benzene rings is 1. The van der Waals surface area contributed by atoms with Crippen LogP contribution in [0.25, 0.3) is 11.3 Å². The number of rotatable bonds is 9. The number of carbonyl (C=O) groups is 2. The second-order valence-electron chi connectivity index (χ2n) is 9.42. The first kappa shape index (κ1) is 28.3. The van der Waals surface area contributed by atoms with E-state index in [0.717, 1.165) is 13.1 Å². The maximum absolute atomic E-state index is 14.4. The third-order valence-corrected chi connectivity index (χ3v) is 6.87. The second kappa shape index (κ2) is 12.9. The molecule has 3 aromatic rings. The van der Waals surface area contributed by atoms with Crippen molar-refractivity contribution < 1.29 is 18.7 Å². The van der Waals surface area contributed by atoms with Gasteiger partial charge in [-0.3, -0.25) is 14.5 Å². The summed E-state index contributed by atoms with van der Waals surface area (Å²) < 4.78 is 19.2. The van der Waals surface area contributed by atoms with Gasteiger partial charge >= 0.3 is 5.97 Å². The summed E-state index contributed by atoms with van der Waals surface area (Å²) in [4.78, 5) is 32.9. The van der Waals surface area contributed by atoms with Gasteiger partial charge in [-0.2, -0.15) is 10.2 Å². The molecule has 1 aromatic carbocycles. The van der Waals surface area contributed by atoms with Gasteiger partial charge < -0.3 is 20.3 Å². The molecule has 0 aliphatic carbocycles. The standard InChI is InChI=1S/C27H31ClFN7O3/c1-17-23(15-24(34-33-17)21-12-18(28)4-5-22(21)29)31-19-6-8-30-25(13-19)32-26(37)7-9-36-11-10-35(2)20(16-36)14-27(38)39-3/h4-6,8,12-13,15,20H,7,9-11,14,16H2,1-3H3,(H2,30,31,32,34,37). The van der Waals surface area contributed by atoms with Crippen molar-refractivity contribution in [2.45, 2.75) is 25.8 Å². The number of amides is 1. The molecule has 0 spiro atoms. The highest BCUT2D eigenvalue weighted by molar-refractivity contribution is 6.30. The van der Waals surface area contributed by atoms with Gasteiger partial charge in [-0.25, -0.2) is 9.37 Å². The SMILES string of the molecule is COC(=O)CC1CN(CCC(=O)Nc2cc(Nc3cc(-c4cc(Cl)ccc4F)nnc3C)ccn2)CCN1C. The molecule has 1 fully saturated rings. The van der Waals surface area contributed by atoms with Crippen LogP contribution in [0.3, 0.4) is 0 Å². The van der Waals surface area contributed by atoms with E-state index in [0.29, 0.717) is 53.1 Å². The van der Waals surface area contributed by atoms with Crippen molar-refractivity contribution in [1.29, 1.82) is 0 Å². The highest BCUT2D eigenvalue weighted by atomic mass is 35.5. The third kappa shape index (κ3) is 7.69. The van der Waals surface area contributed by atoms with Crippen LogP contribution in [0.5, 0.6) is 0 Å². The summed E-state index contributed by atoms with van der Waals surface area (Å²) in [6.45, 7) is 4.68. The number of hydrogen-bond donors (Lipinski definition) is 2. The Hall–Kier alpha value is -3.67. The Morgan fingerprint density at radius 3 is 2.79 bits per heavy atom. The zero-order valence-electron chi connectivity index (χ0n) is 22.1. The summed E-state index contributed by atoms with van der Waals surface area (Å²) in [7, 11) is 3.38. The number of carbonyl (C=O) groups excluding carboxylic acids is 2. The van der Waals surface area contributed by atoms with Gasteiger partial charge in [-0.1, -0.05) is 11.6 Å². The molecule has 1 amide bonds. The molecule has 1 aliphatic rings. The number of nitrogens with one attached hydrogen (secondary N) is 2. The minimum Gasteiger partial charge on any atom is -0.469 e. The number of piperazine rings is 1. The number of ether oxygens (including phenoxy) is 1. The van der Waals surface area contributed by atoms with Crippen LogP contribution in [-0.2, 0) is 14.3 Å². The molecule has 2 aromatic heterocycles. The largest absolute Gasteiger partial charge is 0.469 e. The normalized spacial score (nSPS) is 16.1. The van der Waals surface area contributed by atoms with E-state index < -0.39 is 5.82 Å². The summed E-state index contributed by atoms with van der Waals surface area (Å²) in [5.41, 5.74) is 2.49. The van der Waals surface area contributed by atoms with Crippen LogP contribution in [-0.4, -0.2) is 83.2 Å². The van der Waals surface area contributed by atoms with E-state index in [1.165, 1.54) is 25.3 Å².